The summed E-state index contributed by atoms with van der Waals surface area (Å²) in [5.74, 6) is 2.87. The topological polar surface area (TPSA) is 46.4 Å². The number of aryl methyl sites for hydroxylation is 1. The van der Waals surface area contributed by atoms with Gasteiger partial charge in [0.2, 0.25) is 0 Å². The fourth-order valence-corrected chi connectivity index (χ4v) is 6.70. The Bertz CT molecular complexity index is 883. The van der Waals surface area contributed by atoms with Crippen molar-refractivity contribution in [1.82, 2.24) is 0 Å². The van der Waals surface area contributed by atoms with Gasteiger partial charge in [-0.15, -0.1) is 0 Å². The van der Waals surface area contributed by atoms with Gasteiger partial charge >= 0.3 is 0 Å². The zero-order chi connectivity index (χ0) is 19.5. The van der Waals surface area contributed by atoms with Crippen LogP contribution < -0.4 is 4.90 Å². The van der Waals surface area contributed by atoms with Gasteiger partial charge in [-0.2, -0.15) is 0 Å². The molecule has 0 aliphatic heterocycles. The largest absolute Gasteiger partial charge is 0.345 e. The van der Waals surface area contributed by atoms with Crippen molar-refractivity contribution >= 4 is 17.1 Å². The van der Waals surface area contributed by atoms with Gasteiger partial charge in [-0.25, -0.2) is 0 Å². The number of anilines is 2. The Morgan fingerprint density at radius 2 is 1.46 bits per heavy atom. The lowest BCUT2D eigenvalue weighted by atomic mass is 9.48. The summed E-state index contributed by atoms with van der Waals surface area (Å²) in [5, 5.41) is 11.1. The van der Waals surface area contributed by atoms with Crippen LogP contribution in [0.1, 0.15) is 49.7 Å². The van der Waals surface area contributed by atoms with E-state index in [0.717, 1.165) is 29.1 Å². The molecule has 4 bridgehead atoms. The Morgan fingerprint density at radius 3 is 1.96 bits per heavy atom. The molecule has 4 saturated carbocycles. The van der Waals surface area contributed by atoms with E-state index in [2.05, 4.69) is 29.2 Å². The van der Waals surface area contributed by atoms with Gasteiger partial charge in [-0.05, 0) is 98.4 Å². The van der Waals surface area contributed by atoms with Crippen molar-refractivity contribution in [3.05, 3.63) is 63.7 Å². The predicted octanol–water partition coefficient (Wildman–Crippen LogP) is 6.14. The minimum atomic E-state index is -0.320. The third-order valence-electron chi connectivity index (χ3n) is 7.67. The molecule has 2 aromatic rings. The van der Waals surface area contributed by atoms with Crippen LogP contribution in [0.2, 0.25) is 0 Å². The molecule has 0 unspecified atom stereocenters. The van der Waals surface area contributed by atoms with Crippen LogP contribution in [-0.4, -0.2) is 12.0 Å². The zero-order valence-corrected chi connectivity index (χ0v) is 16.7. The summed E-state index contributed by atoms with van der Waals surface area (Å²) in [4.78, 5) is 12.9. The van der Waals surface area contributed by atoms with Gasteiger partial charge < -0.3 is 4.90 Å². The van der Waals surface area contributed by atoms with Crippen molar-refractivity contribution in [2.24, 2.45) is 17.8 Å². The van der Waals surface area contributed by atoms with E-state index < -0.39 is 0 Å². The van der Waals surface area contributed by atoms with E-state index in [1.165, 1.54) is 44.1 Å². The van der Waals surface area contributed by atoms with Crippen LogP contribution in [0, 0.1) is 34.8 Å². The third kappa shape index (κ3) is 2.81. The minimum Gasteiger partial charge on any atom is -0.345 e. The fraction of sp³-hybridized carbons (Fsp3) is 0.500. The average Bonchev–Trinajstić information content (AvgIpc) is 2.66. The van der Waals surface area contributed by atoms with Gasteiger partial charge in [-0.3, -0.25) is 10.1 Å². The van der Waals surface area contributed by atoms with E-state index in [1.54, 1.807) is 13.0 Å². The molecule has 4 nitrogen and oxygen atoms in total. The maximum absolute atomic E-state index is 11.1. The summed E-state index contributed by atoms with van der Waals surface area (Å²) in [6, 6.07) is 14.5. The molecule has 4 heteroatoms. The molecule has 0 spiro atoms. The van der Waals surface area contributed by atoms with E-state index in [9.17, 15) is 10.1 Å². The molecule has 0 radical (unpaired) electrons. The van der Waals surface area contributed by atoms with Crippen LogP contribution in [0.4, 0.5) is 17.1 Å². The number of benzene rings is 2. The fourth-order valence-electron chi connectivity index (χ4n) is 6.70. The van der Waals surface area contributed by atoms with E-state index in [1.807, 2.05) is 19.2 Å². The highest BCUT2D eigenvalue weighted by molar-refractivity contribution is 5.65. The third-order valence-corrected chi connectivity index (χ3v) is 7.67. The SMILES string of the molecule is Cc1cc(N(C)c2ccc(C34CC5CC(CC(C5)C3)C4)cc2)ccc1[N+](=O)[O-]. The van der Waals surface area contributed by atoms with E-state index >= 15 is 0 Å². The molecule has 4 aliphatic rings. The summed E-state index contributed by atoms with van der Waals surface area (Å²) in [6.07, 6.45) is 8.57. The summed E-state index contributed by atoms with van der Waals surface area (Å²) < 4.78 is 0. The Morgan fingerprint density at radius 1 is 0.929 bits per heavy atom. The van der Waals surface area contributed by atoms with Crippen LogP contribution in [0.15, 0.2) is 42.5 Å². The van der Waals surface area contributed by atoms with Crippen LogP contribution in [-0.2, 0) is 5.41 Å². The summed E-state index contributed by atoms with van der Waals surface area (Å²) in [5.41, 5.74) is 4.93. The zero-order valence-electron chi connectivity index (χ0n) is 16.7. The highest BCUT2D eigenvalue weighted by Crippen LogP contribution is 2.60. The molecule has 0 N–H and O–H groups in total. The Labute approximate surface area is 166 Å². The van der Waals surface area contributed by atoms with Crippen molar-refractivity contribution in [2.75, 3.05) is 11.9 Å². The van der Waals surface area contributed by atoms with Crippen LogP contribution in [0.25, 0.3) is 0 Å². The van der Waals surface area contributed by atoms with E-state index in [0.29, 0.717) is 11.0 Å². The maximum atomic E-state index is 11.1. The van der Waals surface area contributed by atoms with Gasteiger partial charge in [-0.1, -0.05) is 12.1 Å². The number of rotatable bonds is 4. The monoisotopic (exact) mass is 376 g/mol. The standard InChI is InChI=1S/C24H28N2O2/c1-16-9-22(7-8-23(16)26(27)28)25(2)21-5-3-20(4-6-21)24-13-17-10-18(14-24)12-19(11-17)15-24/h3-9,17-19H,10-15H2,1-2H3. The van der Waals surface area contributed by atoms with Crippen LogP contribution >= 0.6 is 0 Å². The molecule has 0 aromatic heterocycles. The summed E-state index contributed by atoms with van der Waals surface area (Å²) >= 11 is 0. The van der Waals surface area contributed by atoms with Crippen LogP contribution in [0.3, 0.4) is 0 Å². The molecule has 2 aromatic carbocycles. The highest BCUT2D eigenvalue weighted by Gasteiger charge is 2.51. The van der Waals surface area contributed by atoms with Crippen LogP contribution in [0.5, 0.6) is 0 Å². The van der Waals surface area contributed by atoms with Crippen molar-refractivity contribution < 1.29 is 4.92 Å². The summed E-state index contributed by atoms with van der Waals surface area (Å²) in [6.45, 7) is 1.80. The highest BCUT2D eigenvalue weighted by atomic mass is 16.6. The second kappa shape index (κ2) is 6.33. The lowest BCUT2D eigenvalue weighted by Crippen LogP contribution is -2.48. The molecule has 28 heavy (non-hydrogen) atoms. The van der Waals surface area contributed by atoms with Crippen molar-refractivity contribution in [3.8, 4) is 0 Å². The molecule has 4 aliphatic carbocycles. The second-order valence-electron chi connectivity index (χ2n) is 9.53. The number of nitro groups is 1. The normalized spacial score (nSPS) is 30.4. The second-order valence-corrected chi connectivity index (χ2v) is 9.53. The number of hydrogen-bond donors (Lipinski definition) is 0. The number of nitrogens with zero attached hydrogens (tertiary/aromatic N) is 2. The number of hydrogen-bond acceptors (Lipinski definition) is 3. The van der Waals surface area contributed by atoms with Crippen molar-refractivity contribution in [1.29, 1.82) is 0 Å². The number of nitro benzene ring substituents is 1. The van der Waals surface area contributed by atoms with Gasteiger partial charge in [0.1, 0.15) is 0 Å². The van der Waals surface area contributed by atoms with Crippen molar-refractivity contribution in [3.63, 3.8) is 0 Å². The lowest BCUT2D eigenvalue weighted by molar-refractivity contribution is -0.385. The molecular weight excluding hydrogens is 348 g/mol. The maximum Gasteiger partial charge on any atom is 0.272 e. The van der Waals surface area contributed by atoms with E-state index in [-0.39, 0.29) is 10.6 Å². The first kappa shape index (κ1) is 17.7. The summed E-state index contributed by atoms with van der Waals surface area (Å²) in [7, 11) is 2.03. The lowest BCUT2D eigenvalue weighted by Gasteiger charge is -2.57. The first-order valence-electron chi connectivity index (χ1n) is 10.5. The molecule has 0 atom stereocenters. The van der Waals surface area contributed by atoms with Gasteiger partial charge in [0, 0.05) is 30.1 Å². The quantitative estimate of drug-likeness (QED) is 0.476. The molecule has 6 rings (SSSR count). The smallest absolute Gasteiger partial charge is 0.272 e. The van der Waals surface area contributed by atoms with Gasteiger partial charge in [0.05, 0.1) is 4.92 Å². The molecule has 146 valence electrons. The molecule has 0 amide bonds. The van der Waals surface area contributed by atoms with Gasteiger partial charge in [0.15, 0.2) is 0 Å². The Hall–Kier alpha value is -2.36. The Kier molecular flexibility index (Phi) is 4.01. The molecule has 0 heterocycles. The van der Waals surface area contributed by atoms with Gasteiger partial charge in [0.25, 0.3) is 5.69 Å². The first-order chi connectivity index (χ1) is 13.4. The first-order valence-corrected chi connectivity index (χ1v) is 10.5. The molecular formula is C24H28N2O2. The minimum absolute atomic E-state index is 0.175. The molecule has 0 saturated heterocycles. The van der Waals surface area contributed by atoms with Crippen molar-refractivity contribution in [2.45, 2.75) is 50.9 Å². The predicted molar refractivity (Wildman–Crippen MR) is 112 cm³/mol. The average molecular weight is 377 g/mol. The Balaban J connectivity index is 1.40. The van der Waals surface area contributed by atoms with E-state index in [4.69, 9.17) is 0 Å². The molecule has 4 fully saturated rings.